The van der Waals surface area contributed by atoms with Crippen LogP contribution in [0.4, 0.5) is 4.79 Å². The zero-order chi connectivity index (χ0) is 51.5. The predicted molar refractivity (Wildman–Crippen MR) is 252 cm³/mol. The van der Waals surface area contributed by atoms with Gasteiger partial charge in [-0.05, 0) is 124 Å². The molecule has 0 radical (unpaired) electrons. The van der Waals surface area contributed by atoms with E-state index in [9.17, 15) is 29.5 Å². The summed E-state index contributed by atoms with van der Waals surface area (Å²) < 4.78 is 55.4. The monoisotopic (exact) mass is 965 g/mol. The third-order valence-electron chi connectivity index (χ3n) is 11.6. The summed E-state index contributed by atoms with van der Waals surface area (Å²) >= 11 is 0. The minimum Gasteiger partial charge on any atom is -0.462 e. The Morgan fingerprint density at radius 2 is 1.25 bits per heavy atom. The fourth-order valence-corrected chi connectivity index (χ4v) is 7.70. The number of ether oxygens (including phenoxy) is 9. The van der Waals surface area contributed by atoms with E-state index in [-0.39, 0.29) is 32.0 Å². The van der Waals surface area contributed by atoms with Gasteiger partial charge in [0.1, 0.15) is 31.0 Å². The third kappa shape index (κ3) is 13.5. The molecule has 5 rings (SSSR count). The number of nitrogens with zero attached hydrogens (tertiary/aromatic N) is 3. The number of alkyl carbamates (subject to hydrolysis) is 1. The smallest absolute Gasteiger partial charge is 0.407 e. The number of esters is 4. The first-order valence-corrected chi connectivity index (χ1v) is 23.5. The Hall–Kier alpha value is -5.26. The molecule has 18 heteroatoms. The first-order valence-electron chi connectivity index (χ1n) is 23.5. The Bertz CT molecular complexity index is 2200. The lowest BCUT2D eigenvalue weighted by molar-refractivity contribution is -0.398. The highest BCUT2D eigenvalue weighted by Gasteiger charge is 2.65. The fourth-order valence-electron chi connectivity index (χ4n) is 7.70. The van der Waals surface area contributed by atoms with E-state index in [4.69, 9.17) is 42.6 Å². The van der Waals surface area contributed by atoms with Crippen LogP contribution in [0, 0.1) is 21.7 Å². The van der Waals surface area contributed by atoms with Gasteiger partial charge in [0.2, 0.25) is 0 Å². The molecule has 2 aliphatic heterocycles. The molecule has 2 aromatic rings. The van der Waals surface area contributed by atoms with Crippen molar-refractivity contribution >= 4 is 30.0 Å². The van der Waals surface area contributed by atoms with Crippen LogP contribution in [0.2, 0.25) is 0 Å². The van der Waals surface area contributed by atoms with Crippen LogP contribution >= 0.6 is 0 Å². The highest BCUT2D eigenvalue weighted by atomic mass is 16.9. The van der Waals surface area contributed by atoms with Gasteiger partial charge in [0.25, 0.3) is 5.97 Å². The molecule has 3 aliphatic rings. The van der Waals surface area contributed by atoms with Crippen LogP contribution in [-0.2, 0) is 61.8 Å². The maximum absolute atomic E-state index is 13.7. The van der Waals surface area contributed by atoms with Crippen molar-refractivity contribution in [2.75, 3.05) is 19.8 Å². The van der Waals surface area contributed by atoms with E-state index < -0.39 is 113 Å². The highest BCUT2D eigenvalue weighted by Crippen LogP contribution is 2.49. The van der Waals surface area contributed by atoms with Crippen molar-refractivity contribution in [2.24, 2.45) is 26.8 Å². The Morgan fingerprint density at radius 3 is 1.75 bits per heavy atom. The van der Waals surface area contributed by atoms with Crippen LogP contribution in [0.3, 0.4) is 0 Å². The predicted octanol–water partition coefficient (Wildman–Crippen LogP) is 9.06. The van der Waals surface area contributed by atoms with Crippen LogP contribution in [0.15, 0.2) is 53.6 Å². The van der Waals surface area contributed by atoms with Crippen molar-refractivity contribution in [1.82, 2.24) is 5.32 Å². The number of carbonyl (C=O) groups excluding carboxylic acids is 5. The molecule has 1 amide bonds. The number of hydrogen-bond acceptors (Lipinski definition) is 15. The molecule has 1 unspecified atom stereocenters. The molecule has 2 saturated heterocycles. The Balaban J connectivity index is 1.37. The first-order chi connectivity index (χ1) is 31.8. The second-order valence-electron chi connectivity index (χ2n) is 22.9. The maximum Gasteiger partial charge on any atom is 0.407 e. The van der Waals surface area contributed by atoms with Crippen LogP contribution in [0.25, 0.3) is 21.6 Å². The average molecular weight is 965 g/mol. The molecule has 0 spiro atoms. The van der Waals surface area contributed by atoms with Crippen LogP contribution < -0.4 is 5.32 Å². The van der Waals surface area contributed by atoms with Crippen molar-refractivity contribution in [2.45, 2.75) is 177 Å². The van der Waals surface area contributed by atoms with Crippen molar-refractivity contribution in [3.8, 4) is 11.1 Å². The van der Waals surface area contributed by atoms with Crippen LogP contribution in [0.5, 0.6) is 0 Å². The summed E-state index contributed by atoms with van der Waals surface area (Å²) in [4.78, 5) is 70.4. The number of rotatable bonds is 15. The topological polar surface area (TPSA) is 229 Å². The second-order valence-corrected chi connectivity index (χ2v) is 22.9. The van der Waals surface area contributed by atoms with Gasteiger partial charge in [-0.2, -0.15) is 0 Å². The van der Waals surface area contributed by atoms with Gasteiger partial charge in [-0.3, -0.25) is 19.1 Å². The number of nitrogens with one attached hydrogen (secondary N) is 1. The van der Waals surface area contributed by atoms with Crippen molar-refractivity contribution in [3.63, 3.8) is 0 Å². The van der Waals surface area contributed by atoms with E-state index in [2.05, 4.69) is 15.3 Å². The molecule has 2 heterocycles. The molecule has 69 heavy (non-hydrogen) atoms. The molecule has 2 aromatic carbocycles. The highest BCUT2D eigenvalue weighted by molar-refractivity contribution is 5.82. The third-order valence-corrected chi connectivity index (χ3v) is 11.6. The first kappa shape index (κ1) is 54.7. The minimum absolute atomic E-state index is 0.000920. The number of hydrogen-bond donors (Lipinski definition) is 1. The van der Waals surface area contributed by atoms with Gasteiger partial charge in [-0.1, -0.05) is 74.4 Å². The van der Waals surface area contributed by atoms with E-state index in [0.29, 0.717) is 0 Å². The van der Waals surface area contributed by atoms with Gasteiger partial charge in [0.15, 0.2) is 24.6 Å². The van der Waals surface area contributed by atoms with Crippen molar-refractivity contribution in [3.05, 3.63) is 70.1 Å². The van der Waals surface area contributed by atoms with Crippen molar-refractivity contribution in [1.29, 1.82) is 0 Å². The molecule has 0 bridgehead atoms. The molecular weight excluding hydrogens is 893 g/mol. The summed E-state index contributed by atoms with van der Waals surface area (Å²) in [5, 5.41) is 6.64. The molecule has 0 saturated carbocycles. The van der Waals surface area contributed by atoms with Gasteiger partial charge in [-0.25, -0.2) is 9.59 Å². The largest absolute Gasteiger partial charge is 0.462 e. The van der Waals surface area contributed by atoms with E-state index >= 15 is 0 Å². The maximum atomic E-state index is 13.7. The molecule has 8 atom stereocenters. The molecule has 1 N–H and O–H groups in total. The van der Waals surface area contributed by atoms with Gasteiger partial charge >= 0.3 is 30.0 Å². The van der Waals surface area contributed by atoms with Crippen molar-refractivity contribution < 1.29 is 66.6 Å². The number of azide groups is 1. The quantitative estimate of drug-likeness (QED) is 0.0577. The Kier molecular flexibility index (Phi) is 16.6. The summed E-state index contributed by atoms with van der Waals surface area (Å²) in [6, 6.07) is 13.6. The zero-order valence-corrected chi connectivity index (χ0v) is 42.8. The normalized spacial score (nSPS) is 23.5. The van der Waals surface area contributed by atoms with Gasteiger partial charge in [0, 0.05) is 16.2 Å². The van der Waals surface area contributed by atoms with E-state index in [1.54, 1.807) is 104 Å². The molecule has 1 aliphatic carbocycles. The van der Waals surface area contributed by atoms with E-state index in [0.717, 1.165) is 22.3 Å². The zero-order valence-electron chi connectivity index (χ0n) is 42.8. The summed E-state index contributed by atoms with van der Waals surface area (Å²) in [5.41, 5.74) is 9.04. The molecule has 0 aromatic heterocycles. The van der Waals surface area contributed by atoms with Crippen LogP contribution in [-0.4, -0.2) is 104 Å². The lowest BCUT2D eigenvalue weighted by Crippen LogP contribution is -2.61. The lowest BCUT2D eigenvalue weighted by Gasteiger charge is -2.42. The summed E-state index contributed by atoms with van der Waals surface area (Å²) in [6.07, 6.45) is -7.42. The average Bonchev–Trinajstić information content (AvgIpc) is 3.78. The number of benzene rings is 2. The second kappa shape index (κ2) is 21.0. The van der Waals surface area contributed by atoms with E-state index in [1.807, 2.05) is 48.5 Å². The Labute approximate surface area is 405 Å². The Morgan fingerprint density at radius 1 is 0.710 bits per heavy atom. The minimum atomic E-state index is -1.99. The standard InChI is InChI=1S/C51H72N4O14/c1-46(2,3)42(57)61-28-36-37(65-43(58)47(4,5)6)38(66-44(59)48(7,8)9)39-41(64-36)69-51(67-39,49(10,11)12)63-26-29(54-55-52)24-25-35(40(56)68-50(13,14)15)53-45(60)62-27-34-32-22-18-16-20-30(32)31-21-17-19-23-33(31)34/h16-23,29,34-39,41H,24-28H2,1-15H3,(H,53,60)/t29-,35-,36+,37-,38-,39+,41+,51?/m0/s1. The molecule has 2 fully saturated rings. The number of amides is 1. The van der Waals surface area contributed by atoms with Gasteiger partial charge < -0.3 is 43.2 Å². The summed E-state index contributed by atoms with van der Waals surface area (Å²) in [5.74, 6) is -4.79. The fraction of sp³-hybridized carbons (Fsp3) is 0.667. The number of carbonyl (C=O) groups is 5. The summed E-state index contributed by atoms with van der Waals surface area (Å²) in [7, 11) is 0. The number of fused-ring (bicyclic) bond motifs is 4. The molecule has 380 valence electrons. The van der Waals surface area contributed by atoms with Crippen LogP contribution in [0.1, 0.15) is 134 Å². The summed E-state index contributed by atoms with van der Waals surface area (Å²) in [6.45, 7) is 24.7. The van der Waals surface area contributed by atoms with Gasteiger partial charge in [-0.15, -0.1) is 0 Å². The SMILES string of the molecule is CC(C)(C)OC(=O)[C@H](CC[C@@H](COC1(C(C)(C)C)O[C@H]2O[C@H](COC(=O)C(C)(C)C)[C@H](OC(=O)C(C)(C)C)[C@H](OC(=O)C(C)(C)C)[C@H]2O1)N=[N+]=[N-])NC(=O)OCC1c2ccccc2-c2ccccc21. The molecule has 18 nitrogen and oxygen atoms in total. The molecular formula is C51H72N4O14. The van der Waals surface area contributed by atoms with E-state index in [1.165, 1.54) is 0 Å². The van der Waals surface area contributed by atoms with Gasteiger partial charge in [0.05, 0.1) is 28.9 Å². The lowest BCUT2D eigenvalue weighted by atomic mass is 9.92.